The Bertz CT molecular complexity index is 3420. The number of allylic oxidation sites excluding steroid dienone is 16. The third-order valence-corrected chi connectivity index (χ3v) is 13.9. The molecule has 0 amide bonds. The summed E-state index contributed by atoms with van der Waals surface area (Å²) in [7, 11) is 0. The van der Waals surface area contributed by atoms with Gasteiger partial charge in [0.2, 0.25) is 0 Å². The summed E-state index contributed by atoms with van der Waals surface area (Å²) in [5, 5.41) is 4.52. The minimum absolute atomic E-state index is 0.156. The molecule has 8 rings (SSSR count). The number of hydrogen-bond donors (Lipinski definition) is 0. The number of aryl methyl sites for hydroxylation is 2. The van der Waals surface area contributed by atoms with Gasteiger partial charge in [0.05, 0.1) is 0 Å². The zero-order valence-corrected chi connectivity index (χ0v) is 45.8. The van der Waals surface area contributed by atoms with E-state index < -0.39 is 0 Å². The van der Waals surface area contributed by atoms with Crippen LogP contribution in [0.4, 0.5) is 0 Å². The van der Waals surface area contributed by atoms with Crippen LogP contribution in [0, 0.1) is 0 Å². The number of hydrogen-bond acceptors (Lipinski definition) is 0. The molecule has 0 N–H and O–H groups in total. The average Bonchev–Trinajstić information content (AvgIpc) is 3.67. The largest absolute Gasteiger partial charge is 0.0991 e. The quantitative estimate of drug-likeness (QED) is 0.0669. The first-order valence-corrected chi connectivity index (χ1v) is 26.8. The predicted octanol–water partition coefficient (Wildman–Crippen LogP) is 19.6. The van der Waals surface area contributed by atoms with Crippen LogP contribution in [0.15, 0.2) is 249 Å². The lowest BCUT2D eigenvalue weighted by atomic mass is 9.80. The molecule has 7 aromatic rings. The van der Waals surface area contributed by atoms with Crippen molar-refractivity contribution in [3.05, 3.63) is 293 Å². The van der Waals surface area contributed by atoms with Crippen molar-refractivity contribution in [1.29, 1.82) is 0 Å². The molecular formula is C74H78. The van der Waals surface area contributed by atoms with Gasteiger partial charge in [-0.1, -0.05) is 286 Å². The summed E-state index contributed by atoms with van der Waals surface area (Å²) in [6.45, 7) is 32.0. The first kappa shape index (κ1) is 55.5. The zero-order valence-electron chi connectivity index (χ0n) is 45.8. The van der Waals surface area contributed by atoms with Crippen LogP contribution >= 0.6 is 0 Å². The molecule has 0 saturated heterocycles. The van der Waals surface area contributed by atoms with E-state index in [0.29, 0.717) is 0 Å². The molecule has 0 radical (unpaired) electrons. The Balaban J connectivity index is 0.00000120. The van der Waals surface area contributed by atoms with Crippen LogP contribution < -0.4 is 10.4 Å². The molecule has 1 aliphatic carbocycles. The minimum Gasteiger partial charge on any atom is -0.0991 e. The Morgan fingerprint density at radius 1 is 0.527 bits per heavy atom. The first-order valence-electron chi connectivity index (χ1n) is 26.8. The van der Waals surface area contributed by atoms with Crippen molar-refractivity contribution >= 4 is 28.5 Å². The molecule has 0 unspecified atom stereocenters. The Labute approximate surface area is 445 Å². The van der Waals surface area contributed by atoms with Gasteiger partial charge in [0.1, 0.15) is 0 Å². The maximum atomic E-state index is 4.98. The third-order valence-electron chi connectivity index (χ3n) is 13.9. The Morgan fingerprint density at radius 2 is 1.16 bits per heavy atom. The minimum atomic E-state index is -0.156. The topological polar surface area (TPSA) is 0 Å². The Hall–Kier alpha value is -7.80. The highest BCUT2D eigenvalue weighted by Crippen LogP contribution is 2.49. The molecule has 1 aliphatic rings. The maximum Gasteiger partial charge on any atom is 0.0159 e. The smallest absolute Gasteiger partial charge is 0.0159 e. The molecule has 0 spiro atoms. The van der Waals surface area contributed by atoms with Crippen LogP contribution in [-0.2, 0) is 18.3 Å². The fourth-order valence-corrected chi connectivity index (χ4v) is 9.95. The third kappa shape index (κ3) is 12.9. The molecule has 0 atom stereocenters. The van der Waals surface area contributed by atoms with Gasteiger partial charge < -0.3 is 0 Å². The van der Waals surface area contributed by atoms with E-state index in [2.05, 4.69) is 261 Å². The fraction of sp³-hybridized carbons (Fsp3) is 0.189. The van der Waals surface area contributed by atoms with Crippen molar-refractivity contribution in [3.63, 3.8) is 0 Å². The lowest BCUT2D eigenvalue weighted by Gasteiger charge is -2.23. The van der Waals surface area contributed by atoms with Gasteiger partial charge in [-0.3, -0.25) is 0 Å². The van der Waals surface area contributed by atoms with E-state index in [-0.39, 0.29) is 5.41 Å². The van der Waals surface area contributed by atoms with Crippen molar-refractivity contribution in [2.45, 2.75) is 93.4 Å². The predicted molar refractivity (Wildman–Crippen MR) is 330 cm³/mol. The van der Waals surface area contributed by atoms with Crippen molar-refractivity contribution < 1.29 is 0 Å². The Kier molecular flexibility index (Phi) is 20.5. The van der Waals surface area contributed by atoms with Crippen molar-refractivity contribution in [3.8, 4) is 33.4 Å². The van der Waals surface area contributed by atoms with Gasteiger partial charge in [0.25, 0.3) is 0 Å². The van der Waals surface area contributed by atoms with E-state index in [9.17, 15) is 0 Å². The molecule has 0 aliphatic heterocycles. The lowest BCUT2D eigenvalue weighted by molar-refractivity contribution is 0.660. The molecule has 374 valence electrons. The fourth-order valence-electron chi connectivity index (χ4n) is 9.95. The van der Waals surface area contributed by atoms with Gasteiger partial charge in [-0.05, 0) is 156 Å². The summed E-state index contributed by atoms with van der Waals surface area (Å²) < 4.78 is 0. The van der Waals surface area contributed by atoms with Crippen LogP contribution in [0.5, 0.6) is 0 Å². The Morgan fingerprint density at radius 3 is 1.86 bits per heavy atom. The summed E-state index contributed by atoms with van der Waals surface area (Å²) in [5.74, 6) is 0. The highest BCUT2D eigenvalue weighted by molar-refractivity contribution is 5.98. The molecule has 0 saturated carbocycles. The highest BCUT2D eigenvalue weighted by Gasteiger charge is 2.35. The first-order chi connectivity index (χ1) is 36.1. The van der Waals surface area contributed by atoms with Crippen LogP contribution in [0.3, 0.4) is 0 Å². The molecule has 7 aromatic carbocycles. The van der Waals surface area contributed by atoms with E-state index in [0.717, 1.165) is 69.5 Å². The van der Waals surface area contributed by atoms with E-state index in [4.69, 9.17) is 6.58 Å². The maximum absolute atomic E-state index is 4.98. The number of rotatable bonds is 16. The van der Waals surface area contributed by atoms with Gasteiger partial charge in [-0.2, -0.15) is 0 Å². The molecule has 0 aromatic heterocycles. The van der Waals surface area contributed by atoms with Crippen LogP contribution in [-0.4, -0.2) is 0 Å². The SMILES string of the molecule is C=C(/C=C\C=C\C=C/C(=C(\C=C\C/C=C\C)C(/c1ccc2ccccc2c1)=c1/cccc(-c2ccc(-c3ccccc3CC)c(CC)c2)c1=C)c1ccc2c(c1)C(C)(C)c1ccccc1-2)CC.C=C/C=C\C.CC. The van der Waals surface area contributed by atoms with Crippen LogP contribution in [0.2, 0.25) is 0 Å². The number of benzene rings is 7. The molecule has 0 heteroatoms. The second kappa shape index (κ2) is 27.3. The van der Waals surface area contributed by atoms with Gasteiger partial charge in [0, 0.05) is 5.41 Å². The van der Waals surface area contributed by atoms with E-state index in [1.807, 2.05) is 32.9 Å². The summed E-state index contributed by atoms with van der Waals surface area (Å²) in [4.78, 5) is 0. The molecule has 0 fully saturated rings. The van der Waals surface area contributed by atoms with Gasteiger partial charge in [0.15, 0.2) is 0 Å². The standard InChI is InChI=1S/C67H64.C5H8.C2H6/c1-9-13-14-18-34-63(59(31-19-16-15-17-27-47(5)10-2)54-41-43-62-61-33-24-25-37-64(61)67(7,8)65(62)46-54)66(55-39-38-51-29-20-21-30-52(51)45-55)57-36-26-35-56(48(57)6)53-40-42-60(50(12-4)44-53)58-32-23-22-28-49(58)11-3;1-3-5-4-2;1-2/h9,13,15-46H,5-6,10-12,14H2,1-4,7-8H3;3-5H,1H2,2H3;1-2H3/b13-9-,16-15+,27-17-,31-19-,34-18+,63-59-,66-57-;5-4-;. The molecule has 74 heavy (non-hydrogen) atoms. The van der Waals surface area contributed by atoms with Gasteiger partial charge in [-0.25, -0.2) is 0 Å². The van der Waals surface area contributed by atoms with E-state index in [1.165, 1.54) is 66.4 Å². The number of fused-ring (bicyclic) bond motifs is 4. The summed E-state index contributed by atoms with van der Waals surface area (Å²) in [6, 6.07) is 54.2. The second-order valence-corrected chi connectivity index (χ2v) is 18.8. The normalized spacial score (nSPS) is 13.5. The second-order valence-electron chi connectivity index (χ2n) is 18.8. The van der Waals surface area contributed by atoms with Crippen molar-refractivity contribution in [2.75, 3.05) is 0 Å². The molecular weight excluding hydrogens is 889 g/mol. The summed E-state index contributed by atoms with van der Waals surface area (Å²) in [6.07, 6.45) is 31.1. The van der Waals surface area contributed by atoms with Gasteiger partial charge >= 0.3 is 0 Å². The van der Waals surface area contributed by atoms with Crippen LogP contribution in [0.25, 0.3) is 61.9 Å². The monoisotopic (exact) mass is 967 g/mol. The summed E-state index contributed by atoms with van der Waals surface area (Å²) in [5.41, 5.74) is 19.7. The molecule has 0 bridgehead atoms. The molecule has 0 heterocycles. The van der Waals surface area contributed by atoms with E-state index in [1.54, 1.807) is 6.08 Å². The highest BCUT2D eigenvalue weighted by atomic mass is 14.4. The van der Waals surface area contributed by atoms with Crippen LogP contribution in [0.1, 0.15) is 109 Å². The van der Waals surface area contributed by atoms with E-state index >= 15 is 0 Å². The lowest BCUT2D eigenvalue weighted by Crippen LogP contribution is -2.28. The molecule has 0 nitrogen and oxygen atoms in total. The van der Waals surface area contributed by atoms with Crippen molar-refractivity contribution in [1.82, 2.24) is 0 Å². The van der Waals surface area contributed by atoms with Gasteiger partial charge in [-0.15, -0.1) is 0 Å². The van der Waals surface area contributed by atoms with Crippen molar-refractivity contribution in [2.24, 2.45) is 0 Å². The summed E-state index contributed by atoms with van der Waals surface area (Å²) >= 11 is 0. The zero-order chi connectivity index (χ0) is 53.0. The average molecular weight is 967 g/mol.